The van der Waals surface area contributed by atoms with Crippen molar-refractivity contribution in [1.29, 1.82) is 0 Å². The molecule has 252 valence electrons. The maximum Gasteiger partial charge on any atom is 0.249 e. The highest BCUT2D eigenvalue weighted by Crippen LogP contribution is 2.34. The minimum Gasteiger partial charge on any atom is -0.390 e. The number of carbonyl (C=O) groups excluding carboxylic acids is 3. The fourth-order valence-corrected chi connectivity index (χ4v) is 6.44. The molecule has 3 aromatic carbocycles. The van der Waals surface area contributed by atoms with Gasteiger partial charge in [0.1, 0.15) is 23.2 Å². The first kappa shape index (κ1) is 35.7. The van der Waals surface area contributed by atoms with Crippen LogP contribution in [-0.2, 0) is 33.8 Å². The summed E-state index contributed by atoms with van der Waals surface area (Å²) in [6.45, 7) is 5.75. The molecule has 0 bridgehead atoms. The van der Waals surface area contributed by atoms with Crippen molar-refractivity contribution in [2.45, 2.75) is 83.1 Å². The van der Waals surface area contributed by atoms with E-state index >= 15 is 0 Å². The van der Waals surface area contributed by atoms with Crippen LogP contribution in [0.2, 0.25) is 0 Å². The van der Waals surface area contributed by atoms with E-state index in [1.165, 1.54) is 19.1 Å². The number of nitrogens with zero attached hydrogens (tertiary/aromatic N) is 1. The van der Waals surface area contributed by atoms with Gasteiger partial charge in [0.2, 0.25) is 17.7 Å². The second kappa shape index (κ2) is 16.6. The number of rotatable bonds is 16. The Balaban J connectivity index is 1.57. The van der Waals surface area contributed by atoms with Crippen LogP contribution in [0.1, 0.15) is 56.7 Å². The lowest BCUT2D eigenvalue weighted by Gasteiger charge is -2.36. The number of hydrogen-bond acceptors (Lipinski definition) is 5. The number of aliphatic hydroxyl groups is 1. The van der Waals surface area contributed by atoms with E-state index in [4.69, 9.17) is 0 Å². The van der Waals surface area contributed by atoms with Crippen molar-refractivity contribution in [2.75, 3.05) is 13.1 Å². The van der Waals surface area contributed by atoms with E-state index in [1.807, 2.05) is 74.5 Å². The molecule has 1 aliphatic rings. The molecule has 1 fully saturated rings. The number of amides is 3. The molecule has 1 heterocycles. The summed E-state index contributed by atoms with van der Waals surface area (Å²) in [6, 6.07) is 20.8. The monoisotopic (exact) mass is 648 g/mol. The fraction of sp³-hybridized carbons (Fsp3) is 0.432. The Morgan fingerprint density at radius 3 is 2.17 bits per heavy atom. The normalized spacial score (nSPS) is 18.8. The molecule has 0 radical (unpaired) electrons. The number of aliphatic hydroxyl groups excluding tert-OH is 1. The van der Waals surface area contributed by atoms with Crippen LogP contribution in [0.3, 0.4) is 0 Å². The number of halogens is 2. The molecule has 0 spiro atoms. The van der Waals surface area contributed by atoms with Gasteiger partial charge in [-0.1, -0.05) is 80.9 Å². The first-order valence-electron chi connectivity index (χ1n) is 16.3. The fourth-order valence-electron chi connectivity index (χ4n) is 6.44. The van der Waals surface area contributed by atoms with Gasteiger partial charge in [-0.15, -0.1) is 0 Å². The Bertz CT molecular complexity index is 1470. The summed E-state index contributed by atoms with van der Waals surface area (Å²) in [5, 5.41) is 20.4. The number of benzene rings is 3. The van der Waals surface area contributed by atoms with Crippen molar-refractivity contribution in [1.82, 2.24) is 20.9 Å². The first-order valence-corrected chi connectivity index (χ1v) is 16.3. The van der Waals surface area contributed by atoms with Crippen LogP contribution in [-0.4, -0.2) is 64.5 Å². The molecular formula is C37H46F2N4O4. The lowest BCUT2D eigenvalue weighted by atomic mass is 9.81. The van der Waals surface area contributed by atoms with Gasteiger partial charge in [0, 0.05) is 32.6 Å². The van der Waals surface area contributed by atoms with Crippen LogP contribution < -0.4 is 16.0 Å². The predicted molar refractivity (Wildman–Crippen MR) is 177 cm³/mol. The lowest BCUT2D eigenvalue weighted by Crippen LogP contribution is -2.60. The summed E-state index contributed by atoms with van der Waals surface area (Å²) in [5.74, 6) is -2.50. The molecule has 1 unspecified atom stereocenters. The van der Waals surface area contributed by atoms with Gasteiger partial charge < -0.3 is 26.0 Å². The summed E-state index contributed by atoms with van der Waals surface area (Å²) in [5.41, 5.74) is 1.19. The maximum absolute atomic E-state index is 14.2. The quantitative estimate of drug-likeness (QED) is 0.185. The van der Waals surface area contributed by atoms with Crippen molar-refractivity contribution in [3.63, 3.8) is 0 Å². The van der Waals surface area contributed by atoms with Gasteiger partial charge in [0.25, 0.3) is 0 Å². The molecule has 4 N–H and O–H groups in total. The van der Waals surface area contributed by atoms with Crippen LogP contribution in [0.5, 0.6) is 0 Å². The first-order chi connectivity index (χ1) is 22.5. The molecule has 1 saturated heterocycles. The van der Waals surface area contributed by atoms with Gasteiger partial charge in [-0.05, 0) is 60.4 Å². The van der Waals surface area contributed by atoms with E-state index in [0.29, 0.717) is 44.2 Å². The van der Waals surface area contributed by atoms with E-state index in [2.05, 4.69) is 16.0 Å². The summed E-state index contributed by atoms with van der Waals surface area (Å²) >= 11 is 0. The second-order valence-electron chi connectivity index (χ2n) is 12.5. The van der Waals surface area contributed by atoms with E-state index in [1.54, 1.807) is 4.90 Å². The number of hydrogen-bond donors (Lipinski definition) is 4. The molecular weight excluding hydrogens is 602 g/mol. The Kier molecular flexibility index (Phi) is 12.6. The molecule has 0 aromatic heterocycles. The van der Waals surface area contributed by atoms with Gasteiger partial charge in [-0.3, -0.25) is 14.4 Å². The van der Waals surface area contributed by atoms with Crippen molar-refractivity contribution in [3.8, 4) is 0 Å². The minimum atomic E-state index is -1.10. The average molecular weight is 649 g/mol. The molecule has 0 saturated carbocycles. The van der Waals surface area contributed by atoms with Crippen LogP contribution in [0.15, 0.2) is 78.9 Å². The van der Waals surface area contributed by atoms with Gasteiger partial charge >= 0.3 is 0 Å². The number of nitrogens with one attached hydrogen (secondary N) is 3. The summed E-state index contributed by atoms with van der Waals surface area (Å²) < 4.78 is 27.4. The Hall–Kier alpha value is -4.15. The van der Waals surface area contributed by atoms with E-state index in [9.17, 15) is 28.3 Å². The maximum atomic E-state index is 14.2. The van der Waals surface area contributed by atoms with Gasteiger partial charge in [0.15, 0.2) is 0 Å². The zero-order valence-electron chi connectivity index (χ0n) is 27.3. The highest BCUT2D eigenvalue weighted by Gasteiger charge is 2.53. The third-order valence-corrected chi connectivity index (χ3v) is 9.17. The van der Waals surface area contributed by atoms with Crippen LogP contribution in [0.25, 0.3) is 0 Å². The zero-order valence-corrected chi connectivity index (χ0v) is 27.3. The Labute approximate surface area is 275 Å². The lowest BCUT2D eigenvalue weighted by molar-refractivity contribution is -0.144. The molecule has 3 aromatic rings. The molecule has 10 heteroatoms. The van der Waals surface area contributed by atoms with E-state index in [0.717, 1.165) is 17.2 Å². The van der Waals surface area contributed by atoms with Crippen molar-refractivity contribution in [2.24, 2.45) is 5.92 Å². The third-order valence-electron chi connectivity index (χ3n) is 9.17. The molecule has 8 nitrogen and oxygen atoms in total. The Morgan fingerprint density at radius 2 is 1.57 bits per heavy atom. The highest BCUT2D eigenvalue weighted by molar-refractivity contribution is 5.96. The van der Waals surface area contributed by atoms with E-state index < -0.39 is 41.3 Å². The van der Waals surface area contributed by atoms with Crippen molar-refractivity contribution >= 4 is 17.7 Å². The summed E-state index contributed by atoms with van der Waals surface area (Å²) in [6.07, 6.45) is 1.18. The molecule has 5 atom stereocenters. The second-order valence-corrected chi connectivity index (χ2v) is 12.5. The molecule has 0 aliphatic carbocycles. The smallest absolute Gasteiger partial charge is 0.249 e. The number of aryl methyl sites for hydroxylation is 1. The zero-order chi connectivity index (χ0) is 34.0. The highest BCUT2D eigenvalue weighted by atomic mass is 19.1. The number of likely N-dealkylation sites (tertiary alicyclic amines) is 1. The molecule has 3 amide bonds. The summed E-state index contributed by atoms with van der Waals surface area (Å²) in [7, 11) is 0. The molecule has 4 rings (SSSR count). The minimum absolute atomic E-state index is 0.0346. The average Bonchev–Trinajstić information content (AvgIpc) is 3.36. The van der Waals surface area contributed by atoms with Gasteiger partial charge in [-0.25, -0.2) is 8.78 Å². The largest absolute Gasteiger partial charge is 0.390 e. The SMILES string of the molecule is CC[C@H](C)[C@@]1(NC(C)=O)CCN([C@H](CCc2ccccc2)C(=O)N[C@@H](Cc2ccccc2)C(O)CNCc2cc(F)cc(F)c2)C1=O. The molecule has 47 heavy (non-hydrogen) atoms. The van der Waals surface area contributed by atoms with Crippen molar-refractivity contribution < 1.29 is 28.3 Å². The van der Waals surface area contributed by atoms with E-state index in [-0.39, 0.29) is 30.8 Å². The molecule has 1 aliphatic heterocycles. The predicted octanol–water partition coefficient (Wildman–Crippen LogP) is 4.30. The van der Waals surface area contributed by atoms with Crippen LogP contribution in [0, 0.1) is 17.6 Å². The number of carbonyl (C=O) groups is 3. The topological polar surface area (TPSA) is 111 Å². The van der Waals surface area contributed by atoms with Crippen LogP contribution >= 0.6 is 0 Å². The van der Waals surface area contributed by atoms with Crippen LogP contribution in [0.4, 0.5) is 8.78 Å². The Morgan fingerprint density at radius 1 is 0.957 bits per heavy atom. The van der Waals surface area contributed by atoms with Crippen molar-refractivity contribution in [3.05, 3.63) is 107 Å². The summed E-state index contributed by atoms with van der Waals surface area (Å²) in [4.78, 5) is 42.3. The standard InChI is InChI=1S/C37H46F2N4O4/c1-4-25(2)37(42-26(3)44)17-18-43(36(37)47)33(16-15-27-11-7-5-8-12-27)35(46)41-32(21-28-13-9-6-10-14-28)34(45)24-40-23-29-19-30(38)22-31(39)20-29/h5-14,19-20,22,25,32-34,40,45H,4,15-18,21,23-24H2,1-3H3,(H,41,46)(H,42,44)/t25-,32-,33+,34?,37-/m0/s1. The van der Waals surface area contributed by atoms with Gasteiger partial charge in [-0.2, -0.15) is 0 Å². The third kappa shape index (κ3) is 9.45. The van der Waals surface area contributed by atoms with Gasteiger partial charge in [0.05, 0.1) is 12.1 Å².